The normalized spacial score (nSPS) is 16.6. The number of nitrogen functional groups attached to an aromatic ring is 1. The molecule has 1 aliphatic rings. The third-order valence-electron chi connectivity index (χ3n) is 6.12. The number of para-hydroxylation sites is 1. The maximum absolute atomic E-state index is 12.4. The molecule has 34 heavy (non-hydrogen) atoms. The van der Waals surface area contributed by atoms with Crippen LogP contribution in [0.25, 0.3) is 22.3 Å². The van der Waals surface area contributed by atoms with Crippen LogP contribution in [0.4, 0.5) is 5.82 Å². The van der Waals surface area contributed by atoms with Gasteiger partial charge in [0, 0.05) is 18.7 Å². The zero-order valence-electron chi connectivity index (χ0n) is 18.8. The number of amides is 1. The number of anilines is 1. The van der Waals surface area contributed by atoms with E-state index in [0.717, 1.165) is 11.3 Å². The van der Waals surface area contributed by atoms with Gasteiger partial charge in [0.05, 0.1) is 11.4 Å². The zero-order valence-corrected chi connectivity index (χ0v) is 18.8. The van der Waals surface area contributed by atoms with Crippen LogP contribution in [0, 0.1) is 0 Å². The van der Waals surface area contributed by atoms with Gasteiger partial charge in [-0.15, -0.1) is 0 Å². The molecule has 9 heteroatoms. The number of carbonyl (C=O) groups excluding carboxylic acids is 1. The monoisotopic (exact) mass is 458 g/mol. The summed E-state index contributed by atoms with van der Waals surface area (Å²) in [5.74, 6) is 1.58. The Bertz CT molecular complexity index is 1310. The summed E-state index contributed by atoms with van der Waals surface area (Å²) in [5.41, 5.74) is 8.41. The molecule has 0 aliphatic carbocycles. The van der Waals surface area contributed by atoms with Crippen LogP contribution >= 0.6 is 0 Å². The summed E-state index contributed by atoms with van der Waals surface area (Å²) in [5, 5.41) is 15.5. The van der Waals surface area contributed by atoms with Crippen LogP contribution in [-0.4, -0.2) is 54.9 Å². The number of ether oxygens (including phenoxy) is 1. The van der Waals surface area contributed by atoms with Crippen molar-refractivity contribution in [3.05, 3.63) is 60.9 Å². The predicted octanol–water partition coefficient (Wildman–Crippen LogP) is 3.41. The number of nitrogens with zero attached hydrogens (tertiary/aromatic N) is 5. The molecule has 174 valence electrons. The number of carbonyl (C=O) groups is 1. The second kappa shape index (κ2) is 9.11. The Labute approximate surface area is 196 Å². The first-order valence-corrected chi connectivity index (χ1v) is 11.3. The highest BCUT2D eigenvalue weighted by molar-refractivity contribution is 5.98. The molecule has 3 heterocycles. The summed E-state index contributed by atoms with van der Waals surface area (Å²) < 4.78 is 7.73. The van der Waals surface area contributed by atoms with Gasteiger partial charge in [-0.3, -0.25) is 4.79 Å². The van der Waals surface area contributed by atoms with Gasteiger partial charge in [0.15, 0.2) is 5.65 Å². The van der Waals surface area contributed by atoms with E-state index in [4.69, 9.17) is 15.6 Å². The van der Waals surface area contributed by atoms with Crippen LogP contribution in [0.5, 0.6) is 11.5 Å². The minimum absolute atomic E-state index is 0.0701. The topological polar surface area (TPSA) is 119 Å². The second-order valence-electron chi connectivity index (χ2n) is 8.34. The standard InChI is InChI=1S/C25H26N6O3/c1-2-20(32)25(33)30-13-12-17(14-30)31-24-21(23(26)27-15-28-24)22(29-31)16-8-10-19(11-9-16)34-18-6-4-3-5-7-18/h3-11,15,17,20,32H,2,12-14H2,1H3,(H2,26,27,28). The number of nitrogens with two attached hydrogens (primary N) is 1. The summed E-state index contributed by atoms with van der Waals surface area (Å²) in [7, 11) is 0. The molecule has 1 amide bonds. The Kier molecular flexibility index (Phi) is 5.85. The van der Waals surface area contributed by atoms with Gasteiger partial charge in [-0.1, -0.05) is 25.1 Å². The third kappa shape index (κ3) is 4.06. The van der Waals surface area contributed by atoms with Gasteiger partial charge < -0.3 is 20.5 Å². The van der Waals surface area contributed by atoms with Crippen molar-refractivity contribution in [2.24, 2.45) is 0 Å². The molecule has 2 unspecified atom stereocenters. The molecule has 2 aromatic carbocycles. The Morgan fingerprint density at radius 2 is 1.88 bits per heavy atom. The molecule has 1 fully saturated rings. The first-order valence-electron chi connectivity index (χ1n) is 11.3. The molecule has 0 bridgehead atoms. The van der Waals surface area contributed by atoms with Crippen LogP contribution in [0.3, 0.4) is 0 Å². The molecule has 3 N–H and O–H groups in total. The lowest BCUT2D eigenvalue weighted by Gasteiger charge is -2.19. The van der Waals surface area contributed by atoms with E-state index in [-0.39, 0.29) is 11.9 Å². The molecule has 0 radical (unpaired) electrons. The highest BCUT2D eigenvalue weighted by Crippen LogP contribution is 2.35. The molecule has 2 atom stereocenters. The molecule has 4 aromatic rings. The molecule has 0 saturated carbocycles. The Hall–Kier alpha value is -3.98. The van der Waals surface area contributed by atoms with E-state index in [9.17, 15) is 9.90 Å². The van der Waals surface area contributed by atoms with Crippen molar-refractivity contribution in [1.82, 2.24) is 24.6 Å². The van der Waals surface area contributed by atoms with E-state index in [2.05, 4.69) is 9.97 Å². The van der Waals surface area contributed by atoms with Crippen molar-refractivity contribution >= 4 is 22.8 Å². The van der Waals surface area contributed by atoms with Crippen molar-refractivity contribution < 1.29 is 14.6 Å². The van der Waals surface area contributed by atoms with E-state index in [1.165, 1.54) is 6.33 Å². The average Bonchev–Trinajstić information content (AvgIpc) is 3.50. The van der Waals surface area contributed by atoms with Crippen molar-refractivity contribution in [2.45, 2.75) is 31.9 Å². The van der Waals surface area contributed by atoms with E-state index >= 15 is 0 Å². The highest BCUT2D eigenvalue weighted by atomic mass is 16.5. The number of hydrogen-bond donors (Lipinski definition) is 2. The lowest BCUT2D eigenvalue weighted by atomic mass is 10.1. The van der Waals surface area contributed by atoms with Gasteiger partial charge in [-0.25, -0.2) is 14.6 Å². The quantitative estimate of drug-likeness (QED) is 0.454. The van der Waals surface area contributed by atoms with E-state index in [1.54, 1.807) is 11.8 Å². The maximum Gasteiger partial charge on any atom is 0.251 e. The number of likely N-dealkylation sites (tertiary alicyclic amines) is 1. The molecule has 2 aromatic heterocycles. The Morgan fingerprint density at radius 3 is 2.62 bits per heavy atom. The van der Waals surface area contributed by atoms with Gasteiger partial charge in [0.1, 0.15) is 35.4 Å². The first-order chi connectivity index (χ1) is 16.5. The highest BCUT2D eigenvalue weighted by Gasteiger charge is 2.32. The van der Waals surface area contributed by atoms with Crippen LogP contribution in [0.2, 0.25) is 0 Å². The smallest absolute Gasteiger partial charge is 0.251 e. The Balaban J connectivity index is 1.46. The van der Waals surface area contributed by atoms with Crippen molar-refractivity contribution in [2.75, 3.05) is 18.8 Å². The van der Waals surface area contributed by atoms with Crippen molar-refractivity contribution in [3.63, 3.8) is 0 Å². The van der Waals surface area contributed by atoms with Crippen LogP contribution in [0.15, 0.2) is 60.9 Å². The number of fused-ring (bicyclic) bond motifs is 1. The molecular formula is C25H26N6O3. The van der Waals surface area contributed by atoms with Gasteiger partial charge in [0.25, 0.3) is 5.91 Å². The number of aliphatic hydroxyl groups excluding tert-OH is 1. The number of hydrogen-bond acceptors (Lipinski definition) is 7. The van der Waals surface area contributed by atoms with Crippen LogP contribution in [-0.2, 0) is 4.79 Å². The van der Waals surface area contributed by atoms with E-state index in [0.29, 0.717) is 54.2 Å². The minimum Gasteiger partial charge on any atom is -0.457 e. The number of rotatable bonds is 6. The minimum atomic E-state index is -0.974. The molecule has 5 rings (SSSR count). The van der Waals surface area contributed by atoms with Crippen molar-refractivity contribution in [3.8, 4) is 22.8 Å². The zero-order chi connectivity index (χ0) is 23.7. The third-order valence-corrected chi connectivity index (χ3v) is 6.12. The van der Waals surface area contributed by atoms with E-state index in [1.807, 2.05) is 59.3 Å². The summed E-state index contributed by atoms with van der Waals surface area (Å²) in [6.07, 6.45) is 1.56. The SMILES string of the molecule is CCC(O)C(=O)N1CCC(n2nc(-c3ccc(Oc4ccccc4)cc3)c3c(N)ncnc32)C1. The fourth-order valence-electron chi connectivity index (χ4n) is 4.28. The first kappa shape index (κ1) is 21.8. The fraction of sp³-hybridized carbons (Fsp3) is 0.280. The van der Waals surface area contributed by atoms with Gasteiger partial charge in [-0.05, 0) is 49.2 Å². The fourth-order valence-corrected chi connectivity index (χ4v) is 4.28. The summed E-state index contributed by atoms with van der Waals surface area (Å²) in [6.45, 7) is 2.81. The number of aliphatic hydroxyl groups is 1. The Morgan fingerprint density at radius 1 is 1.15 bits per heavy atom. The number of aromatic nitrogens is 4. The van der Waals surface area contributed by atoms with Gasteiger partial charge in [0.2, 0.25) is 0 Å². The molecule has 9 nitrogen and oxygen atoms in total. The second-order valence-corrected chi connectivity index (χ2v) is 8.34. The molecular weight excluding hydrogens is 432 g/mol. The summed E-state index contributed by atoms with van der Waals surface area (Å²) in [6, 6.07) is 17.1. The molecule has 0 spiro atoms. The van der Waals surface area contributed by atoms with Crippen LogP contribution in [0.1, 0.15) is 25.8 Å². The summed E-state index contributed by atoms with van der Waals surface area (Å²) in [4.78, 5) is 22.8. The van der Waals surface area contributed by atoms with Crippen molar-refractivity contribution in [1.29, 1.82) is 0 Å². The summed E-state index contributed by atoms with van der Waals surface area (Å²) >= 11 is 0. The van der Waals surface area contributed by atoms with Gasteiger partial charge in [-0.2, -0.15) is 5.10 Å². The predicted molar refractivity (Wildman–Crippen MR) is 128 cm³/mol. The van der Waals surface area contributed by atoms with E-state index < -0.39 is 6.10 Å². The lowest BCUT2D eigenvalue weighted by molar-refractivity contribution is -0.139. The maximum atomic E-state index is 12.4. The number of benzene rings is 2. The molecule has 1 aliphatic heterocycles. The lowest BCUT2D eigenvalue weighted by Crippen LogP contribution is -2.37. The molecule has 1 saturated heterocycles. The largest absolute Gasteiger partial charge is 0.457 e. The van der Waals surface area contributed by atoms with Crippen LogP contribution < -0.4 is 10.5 Å². The van der Waals surface area contributed by atoms with Gasteiger partial charge >= 0.3 is 0 Å². The average molecular weight is 459 g/mol.